The fraction of sp³-hybridized carbons (Fsp3) is 0.375. The van der Waals surface area contributed by atoms with Gasteiger partial charge in [0.05, 0.1) is 30.2 Å². The summed E-state index contributed by atoms with van der Waals surface area (Å²) in [6.45, 7) is 1.39. The number of rotatable bonds is 11. The van der Waals surface area contributed by atoms with Gasteiger partial charge in [0, 0.05) is 30.9 Å². The van der Waals surface area contributed by atoms with Crippen LogP contribution in [0.15, 0.2) is 48.5 Å². The Labute approximate surface area is 224 Å². The number of carboxylic acid groups (broad SMARTS) is 1. The number of anilines is 1. The van der Waals surface area contributed by atoms with Gasteiger partial charge < -0.3 is 20.5 Å². The van der Waals surface area contributed by atoms with Crippen LogP contribution in [-0.4, -0.2) is 77.7 Å². The molecule has 0 spiro atoms. The number of urea groups is 1. The van der Waals surface area contributed by atoms with Gasteiger partial charge in [0.1, 0.15) is 5.75 Å². The summed E-state index contributed by atoms with van der Waals surface area (Å²) in [5.74, 6) is -1.97. The first-order chi connectivity index (χ1) is 18.5. The van der Waals surface area contributed by atoms with Crippen molar-refractivity contribution < 1.29 is 37.6 Å². The zero-order valence-electron chi connectivity index (χ0n) is 21.3. The molecule has 0 saturated carbocycles. The normalized spacial score (nSPS) is 16.4. The lowest BCUT2D eigenvalue weighted by molar-refractivity contribution is -0.384. The molecule has 14 nitrogen and oxygen atoms in total. The zero-order valence-corrected chi connectivity index (χ0v) is 22.1. The number of nitrogens with one attached hydrogen (secondary N) is 2. The van der Waals surface area contributed by atoms with Gasteiger partial charge in [0.15, 0.2) is 6.17 Å². The van der Waals surface area contributed by atoms with Crippen LogP contribution in [0, 0.1) is 10.1 Å². The molecule has 1 aliphatic heterocycles. The summed E-state index contributed by atoms with van der Waals surface area (Å²) < 4.78 is 32.0. The second kappa shape index (κ2) is 12.5. The van der Waals surface area contributed by atoms with Crippen LogP contribution in [0.3, 0.4) is 0 Å². The molecule has 1 fully saturated rings. The van der Waals surface area contributed by atoms with E-state index in [0.717, 1.165) is 15.3 Å². The van der Waals surface area contributed by atoms with E-state index in [9.17, 15) is 38.0 Å². The Hall–Kier alpha value is -4.24. The van der Waals surface area contributed by atoms with Crippen LogP contribution in [0.5, 0.6) is 5.75 Å². The minimum absolute atomic E-state index is 0.108. The Morgan fingerprint density at radius 3 is 2.46 bits per heavy atom. The van der Waals surface area contributed by atoms with Gasteiger partial charge in [0.25, 0.3) is 11.6 Å². The molecule has 3 N–H and O–H groups in total. The van der Waals surface area contributed by atoms with Crippen molar-refractivity contribution in [2.45, 2.75) is 32.0 Å². The van der Waals surface area contributed by atoms with Crippen molar-refractivity contribution in [1.29, 1.82) is 0 Å². The molecule has 15 heteroatoms. The first kappa shape index (κ1) is 29.3. The SMILES string of the molecule is CCCS(=O)(=O)N1CCN(C(=O)Nc2ccc(OC)cc2)C1C(=O)NC(CC(=O)O)c1cccc([N+](=O)[O-])c1. The number of non-ortho nitro benzene ring substituents is 1. The van der Waals surface area contributed by atoms with E-state index < -0.39 is 51.5 Å². The molecule has 210 valence electrons. The van der Waals surface area contributed by atoms with E-state index in [0.29, 0.717) is 11.4 Å². The topological polar surface area (TPSA) is 188 Å². The molecule has 2 unspecified atom stereocenters. The molecule has 3 amide bonds. The summed E-state index contributed by atoms with van der Waals surface area (Å²) in [5.41, 5.74) is 0.191. The number of methoxy groups -OCH3 is 1. The van der Waals surface area contributed by atoms with Crippen molar-refractivity contribution in [3.8, 4) is 5.75 Å². The van der Waals surface area contributed by atoms with Crippen LogP contribution >= 0.6 is 0 Å². The summed E-state index contributed by atoms with van der Waals surface area (Å²) in [6, 6.07) is 9.46. The van der Waals surface area contributed by atoms with Crippen molar-refractivity contribution in [3.05, 3.63) is 64.2 Å². The minimum atomic E-state index is -3.97. The molecule has 0 radical (unpaired) electrons. The summed E-state index contributed by atoms with van der Waals surface area (Å²) in [4.78, 5) is 49.9. The monoisotopic (exact) mass is 563 g/mol. The molecule has 0 aromatic heterocycles. The number of carbonyl (C=O) groups excluding carboxylic acids is 2. The lowest BCUT2D eigenvalue weighted by Gasteiger charge is -2.30. The fourth-order valence-electron chi connectivity index (χ4n) is 4.16. The molecule has 1 heterocycles. The Morgan fingerprint density at radius 1 is 1.18 bits per heavy atom. The second-order valence-electron chi connectivity index (χ2n) is 8.66. The molecule has 39 heavy (non-hydrogen) atoms. The lowest BCUT2D eigenvalue weighted by Crippen LogP contribution is -2.55. The summed E-state index contributed by atoms with van der Waals surface area (Å²) in [5, 5.41) is 25.8. The maximum Gasteiger partial charge on any atom is 0.323 e. The van der Waals surface area contributed by atoms with Crippen molar-refractivity contribution in [1.82, 2.24) is 14.5 Å². The van der Waals surface area contributed by atoms with Crippen molar-refractivity contribution in [2.75, 3.05) is 31.3 Å². The second-order valence-corrected chi connectivity index (χ2v) is 10.7. The molecule has 0 aliphatic carbocycles. The van der Waals surface area contributed by atoms with Gasteiger partial charge in [-0.25, -0.2) is 13.2 Å². The molecular weight excluding hydrogens is 534 g/mol. The van der Waals surface area contributed by atoms with E-state index in [-0.39, 0.29) is 36.5 Å². The van der Waals surface area contributed by atoms with Gasteiger partial charge in [-0.05, 0) is 36.2 Å². The van der Waals surface area contributed by atoms with Gasteiger partial charge in [-0.2, -0.15) is 4.31 Å². The van der Waals surface area contributed by atoms with Crippen LogP contribution in [0.4, 0.5) is 16.2 Å². The number of nitro benzene ring substituents is 1. The van der Waals surface area contributed by atoms with Crippen molar-refractivity contribution in [3.63, 3.8) is 0 Å². The van der Waals surface area contributed by atoms with Gasteiger partial charge >= 0.3 is 12.0 Å². The van der Waals surface area contributed by atoms with E-state index >= 15 is 0 Å². The summed E-state index contributed by atoms with van der Waals surface area (Å²) in [6.07, 6.45) is -1.99. The number of carbonyl (C=O) groups is 3. The number of aliphatic carboxylic acids is 1. The third-order valence-corrected chi connectivity index (χ3v) is 7.98. The van der Waals surface area contributed by atoms with Crippen LogP contribution in [0.25, 0.3) is 0 Å². The van der Waals surface area contributed by atoms with E-state index in [4.69, 9.17) is 4.74 Å². The predicted octanol–water partition coefficient (Wildman–Crippen LogP) is 2.15. The Morgan fingerprint density at radius 2 is 1.87 bits per heavy atom. The molecule has 0 bridgehead atoms. The van der Waals surface area contributed by atoms with E-state index in [1.807, 2.05) is 0 Å². The Balaban J connectivity index is 1.93. The maximum absolute atomic E-state index is 13.6. The predicted molar refractivity (Wildman–Crippen MR) is 140 cm³/mol. The summed E-state index contributed by atoms with van der Waals surface area (Å²) >= 11 is 0. The molecule has 2 aromatic rings. The van der Waals surface area contributed by atoms with Crippen LogP contribution in [0.2, 0.25) is 0 Å². The van der Waals surface area contributed by atoms with Crippen molar-refractivity contribution in [2.24, 2.45) is 0 Å². The van der Waals surface area contributed by atoms with E-state index in [2.05, 4.69) is 10.6 Å². The number of nitro groups is 1. The first-order valence-corrected chi connectivity index (χ1v) is 13.6. The number of benzene rings is 2. The minimum Gasteiger partial charge on any atom is -0.497 e. The average Bonchev–Trinajstić information content (AvgIpc) is 3.35. The highest BCUT2D eigenvalue weighted by Gasteiger charge is 2.46. The number of amides is 3. The smallest absolute Gasteiger partial charge is 0.323 e. The zero-order chi connectivity index (χ0) is 28.7. The number of hydrogen-bond acceptors (Lipinski definition) is 8. The molecule has 2 atom stereocenters. The number of sulfonamides is 1. The average molecular weight is 564 g/mol. The number of carboxylic acids is 1. The maximum atomic E-state index is 13.6. The standard InChI is InChI=1S/C24H29N5O9S/c1-3-13-39(36,37)28-12-11-27(24(33)25-17-7-9-19(38-2)10-8-17)23(28)22(32)26-20(15-21(30)31)16-5-4-6-18(14-16)29(34)35/h4-10,14,20,23H,3,11-13,15H2,1-2H3,(H,25,33)(H,26,32)(H,30,31). The van der Waals surface area contributed by atoms with Crippen molar-refractivity contribution >= 4 is 39.3 Å². The van der Waals surface area contributed by atoms with E-state index in [1.165, 1.54) is 25.3 Å². The lowest BCUT2D eigenvalue weighted by atomic mass is 10.0. The molecule has 1 aliphatic rings. The van der Waals surface area contributed by atoms with Gasteiger partial charge in [0.2, 0.25) is 10.0 Å². The van der Waals surface area contributed by atoms with Crippen LogP contribution in [-0.2, 0) is 19.6 Å². The molecule has 2 aromatic carbocycles. The van der Waals surface area contributed by atoms with Gasteiger partial charge in [-0.1, -0.05) is 19.1 Å². The van der Waals surface area contributed by atoms with Crippen LogP contribution < -0.4 is 15.4 Å². The molecule has 1 saturated heterocycles. The third kappa shape index (κ3) is 7.20. The molecule has 3 rings (SSSR count). The van der Waals surface area contributed by atoms with Gasteiger partial charge in [-0.15, -0.1) is 0 Å². The molecular formula is C24H29N5O9S. The highest BCUT2D eigenvalue weighted by molar-refractivity contribution is 7.89. The number of hydrogen-bond donors (Lipinski definition) is 3. The Kier molecular flexibility index (Phi) is 9.42. The van der Waals surface area contributed by atoms with E-state index in [1.54, 1.807) is 31.2 Å². The third-order valence-electron chi connectivity index (χ3n) is 5.96. The van der Waals surface area contributed by atoms with Gasteiger partial charge in [-0.3, -0.25) is 24.6 Å². The summed E-state index contributed by atoms with van der Waals surface area (Å²) in [7, 11) is -2.48. The highest BCUT2D eigenvalue weighted by Crippen LogP contribution is 2.26. The number of nitrogens with zero attached hydrogens (tertiary/aromatic N) is 3. The largest absolute Gasteiger partial charge is 0.497 e. The Bertz CT molecular complexity index is 1330. The van der Waals surface area contributed by atoms with Crippen LogP contribution in [0.1, 0.15) is 31.4 Å². The highest BCUT2D eigenvalue weighted by atomic mass is 32.2. The number of ether oxygens (including phenoxy) is 1. The quantitative estimate of drug-likeness (QED) is 0.272. The first-order valence-electron chi connectivity index (χ1n) is 11.9. The fourth-order valence-corrected chi connectivity index (χ4v) is 5.78.